The van der Waals surface area contributed by atoms with Gasteiger partial charge in [0.15, 0.2) is 0 Å². The molecule has 0 radical (unpaired) electrons. The van der Waals surface area contributed by atoms with Gasteiger partial charge in [0, 0.05) is 24.1 Å². The summed E-state index contributed by atoms with van der Waals surface area (Å²) < 4.78 is 40.6. The Morgan fingerprint density at radius 2 is 1.81 bits per heavy atom. The van der Waals surface area contributed by atoms with Gasteiger partial charge in [0.05, 0.1) is 7.11 Å². The largest absolute Gasteiger partial charge is 0.495 e. The highest BCUT2D eigenvalue weighted by molar-refractivity contribution is 7.92. The molecular formula is C21H19N5O4S. The number of imidazole rings is 1. The fraction of sp³-hybridized carbons (Fsp3) is 0.0952. The van der Waals surface area contributed by atoms with E-state index in [0.29, 0.717) is 29.0 Å². The lowest BCUT2D eigenvalue weighted by Gasteiger charge is -2.12. The van der Waals surface area contributed by atoms with Crippen molar-refractivity contribution in [2.45, 2.75) is 11.8 Å². The molecule has 0 saturated heterocycles. The second-order valence-electron chi connectivity index (χ2n) is 6.46. The van der Waals surface area contributed by atoms with Gasteiger partial charge in [-0.3, -0.25) is 9.29 Å². The van der Waals surface area contributed by atoms with Crippen molar-refractivity contribution in [1.82, 2.24) is 19.5 Å². The molecule has 1 N–H and O–H groups in total. The number of hydrogen-bond donors (Lipinski definition) is 1. The average Bonchev–Trinajstić information content (AvgIpc) is 3.30. The number of aromatic nitrogens is 4. The number of aryl methyl sites for hydroxylation is 1. The number of hydrogen-bond acceptors (Lipinski definition) is 7. The van der Waals surface area contributed by atoms with Gasteiger partial charge in [-0.2, -0.15) is 4.98 Å². The molecule has 9 nitrogen and oxygen atoms in total. The summed E-state index contributed by atoms with van der Waals surface area (Å²) in [5, 5.41) is 0. The van der Waals surface area contributed by atoms with Crippen LogP contribution in [-0.4, -0.2) is 35.0 Å². The van der Waals surface area contributed by atoms with E-state index in [4.69, 9.17) is 9.47 Å². The predicted octanol–water partition coefficient (Wildman–Crippen LogP) is 3.57. The molecule has 0 saturated carbocycles. The molecule has 0 bridgehead atoms. The van der Waals surface area contributed by atoms with Gasteiger partial charge in [-0.05, 0) is 43.3 Å². The zero-order chi connectivity index (χ0) is 21.8. The molecule has 158 valence electrons. The number of sulfonamides is 1. The quantitative estimate of drug-likeness (QED) is 0.471. The zero-order valence-corrected chi connectivity index (χ0v) is 17.6. The number of nitrogens with one attached hydrogen (secondary N) is 1. The van der Waals surface area contributed by atoms with E-state index >= 15 is 0 Å². The molecule has 31 heavy (non-hydrogen) atoms. The van der Waals surface area contributed by atoms with Gasteiger partial charge in [0.2, 0.25) is 5.88 Å². The number of anilines is 1. The van der Waals surface area contributed by atoms with Crippen molar-refractivity contribution in [3.8, 4) is 23.2 Å². The predicted molar refractivity (Wildman–Crippen MR) is 114 cm³/mol. The van der Waals surface area contributed by atoms with E-state index in [9.17, 15) is 8.42 Å². The second kappa shape index (κ2) is 8.44. The van der Waals surface area contributed by atoms with E-state index < -0.39 is 10.0 Å². The number of nitrogens with zero attached hydrogens (tertiary/aromatic N) is 4. The highest BCUT2D eigenvalue weighted by Gasteiger charge is 2.19. The van der Waals surface area contributed by atoms with Crippen LogP contribution in [0.4, 0.5) is 5.69 Å². The number of methoxy groups -OCH3 is 1. The molecule has 2 heterocycles. The minimum absolute atomic E-state index is 0.0568. The summed E-state index contributed by atoms with van der Waals surface area (Å²) in [6, 6.07) is 14.6. The lowest BCUT2D eigenvalue weighted by atomic mass is 10.3. The average molecular weight is 437 g/mol. The Balaban J connectivity index is 1.52. The number of ether oxygens (including phenoxy) is 2. The summed E-state index contributed by atoms with van der Waals surface area (Å²) in [6.07, 6.45) is 5.06. The van der Waals surface area contributed by atoms with Gasteiger partial charge >= 0.3 is 0 Å². The van der Waals surface area contributed by atoms with E-state index in [1.54, 1.807) is 78.7 Å². The third-order valence-electron chi connectivity index (χ3n) is 4.26. The van der Waals surface area contributed by atoms with Crippen LogP contribution in [0.2, 0.25) is 0 Å². The van der Waals surface area contributed by atoms with E-state index in [1.807, 2.05) is 0 Å². The Kier molecular flexibility index (Phi) is 5.54. The SMILES string of the molecule is COc1ccccc1S(=O)(=O)Nc1ccc(Oc2cc(-n3ccnc3)nc(C)n2)cc1. The summed E-state index contributed by atoms with van der Waals surface area (Å²) in [6.45, 7) is 1.77. The molecule has 0 aliphatic carbocycles. The van der Waals surface area contributed by atoms with Crippen LogP contribution in [-0.2, 0) is 10.0 Å². The lowest BCUT2D eigenvalue weighted by Crippen LogP contribution is -2.13. The molecule has 4 aromatic rings. The van der Waals surface area contributed by atoms with Crippen molar-refractivity contribution in [3.05, 3.63) is 79.1 Å². The van der Waals surface area contributed by atoms with Gasteiger partial charge in [-0.1, -0.05) is 12.1 Å². The Hall–Kier alpha value is -3.92. The standard InChI is InChI=1S/C21H19N5O4S/c1-15-23-20(26-12-11-22-14-26)13-21(24-15)30-17-9-7-16(8-10-17)25-31(27,28)19-6-4-3-5-18(19)29-2/h3-14,25H,1-2H3. The summed E-state index contributed by atoms with van der Waals surface area (Å²) in [5.41, 5.74) is 0.385. The van der Waals surface area contributed by atoms with Gasteiger partial charge < -0.3 is 9.47 Å². The van der Waals surface area contributed by atoms with Crippen LogP contribution >= 0.6 is 0 Å². The van der Waals surface area contributed by atoms with E-state index in [-0.39, 0.29) is 10.6 Å². The molecule has 0 fully saturated rings. The third-order valence-corrected chi connectivity index (χ3v) is 5.68. The molecule has 2 aromatic carbocycles. The minimum atomic E-state index is -3.81. The fourth-order valence-corrected chi connectivity index (χ4v) is 4.10. The van der Waals surface area contributed by atoms with Crippen molar-refractivity contribution in [3.63, 3.8) is 0 Å². The normalized spacial score (nSPS) is 11.2. The first-order chi connectivity index (χ1) is 14.9. The first-order valence-corrected chi connectivity index (χ1v) is 10.7. The molecule has 10 heteroatoms. The molecule has 0 unspecified atom stereocenters. The second-order valence-corrected chi connectivity index (χ2v) is 8.12. The molecule has 0 aliphatic heterocycles. The zero-order valence-electron chi connectivity index (χ0n) is 16.8. The Morgan fingerprint density at radius 1 is 1.03 bits per heavy atom. The maximum atomic E-state index is 12.7. The maximum Gasteiger partial charge on any atom is 0.265 e. The van der Waals surface area contributed by atoms with Crippen LogP contribution in [0.5, 0.6) is 17.4 Å². The summed E-state index contributed by atoms with van der Waals surface area (Å²) in [4.78, 5) is 12.7. The van der Waals surface area contributed by atoms with Crippen LogP contribution < -0.4 is 14.2 Å². The first kappa shape index (κ1) is 20.4. The summed E-state index contributed by atoms with van der Waals surface area (Å²) >= 11 is 0. The van der Waals surface area contributed by atoms with Crippen molar-refractivity contribution < 1.29 is 17.9 Å². The molecule has 0 amide bonds. The van der Waals surface area contributed by atoms with Crippen molar-refractivity contribution in [2.24, 2.45) is 0 Å². The Labute approximate surface area is 179 Å². The minimum Gasteiger partial charge on any atom is -0.495 e. The third kappa shape index (κ3) is 4.64. The van der Waals surface area contributed by atoms with E-state index in [0.717, 1.165) is 0 Å². The topological polar surface area (TPSA) is 108 Å². The summed E-state index contributed by atoms with van der Waals surface area (Å²) in [7, 11) is -2.39. The molecule has 0 aliphatic rings. The lowest BCUT2D eigenvalue weighted by molar-refractivity contribution is 0.403. The molecule has 4 rings (SSSR count). The molecule has 0 spiro atoms. The number of rotatable bonds is 7. The molecule has 2 aromatic heterocycles. The van der Waals surface area contributed by atoms with Gasteiger partial charge in [0.25, 0.3) is 10.0 Å². The Bertz CT molecular complexity index is 1290. The number of benzene rings is 2. The van der Waals surface area contributed by atoms with Crippen LogP contribution in [0.1, 0.15) is 5.82 Å². The van der Waals surface area contributed by atoms with Crippen molar-refractivity contribution >= 4 is 15.7 Å². The molecule has 0 atom stereocenters. The van der Waals surface area contributed by atoms with Crippen molar-refractivity contribution in [1.29, 1.82) is 0 Å². The van der Waals surface area contributed by atoms with Gasteiger partial charge in [-0.25, -0.2) is 18.4 Å². The van der Waals surface area contributed by atoms with Gasteiger partial charge in [0.1, 0.15) is 34.4 Å². The summed E-state index contributed by atoms with van der Waals surface area (Å²) in [5.74, 6) is 2.29. The Morgan fingerprint density at radius 3 is 2.52 bits per heavy atom. The van der Waals surface area contributed by atoms with Gasteiger partial charge in [-0.15, -0.1) is 0 Å². The highest BCUT2D eigenvalue weighted by atomic mass is 32.2. The monoisotopic (exact) mass is 437 g/mol. The van der Waals surface area contributed by atoms with Crippen LogP contribution in [0.25, 0.3) is 5.82 Å². The number of para-hydroxylation sites is 1. The van der Waals surface area contributed by atoms with Crippen LogP contribution in [0.15, 0.2) is 78.2 Å². The van der Waals surface area contributed by atoms with Crippen molar-refractivity contribution in [2.75, 3.05) is 11.8 Å². The van der Waals surface area contributed by atoms with Crippen LogP contribution in [0, 0.1) is 6.92 Å². The fourth-order valence-electron chi connectivity index (χ4n) is 2.87. The highest BCUT2D eigenvalue weighted by Crippen LogP contribution is 2.27. The van der Waals surface area contributed by atoms with Crippen LogP contribution in [0.3, 0.4) is 0 Å². The van der Waals surface area contributed by atoms with E-state index in [2.05, 4.69) is 19.7 Å². The first-order valence-electron chi connectivity index (χ1n) is 9.22. The molecular weight excluding hydrogens is 418 g/mol. The maximum absolute atomic E-state index is 12.7. The smallest absolute Gasteiger partial charge is 0.265 e. The van der Waals surface area contributed by atoms with E-state index in [1.165, 1.54) is 13.2 Å².